The molecule has 2 N–H and O–H groups in total. The van der Waals surface area contributed by atoms with Gasteiger partial charge in [-0.1, -0.05) is 29.8 Å². The average Bonchev–Trinajstić information content (AvgIpc) is 3.60. The Morgan fingerprint density at radius 1 is 1.11 bits per heavy atom. The molecule has 2 aromatic rings. The van der Waals surface area contributed by atoms with Crippen LogP contribution in [0.3, 0.4) is 0 Å². The topological polar surface area (TPSA) is 129 Å². The molecule has 2 aromatic carbocycles. The molecule has 0 aromatic heterocycles. The number of ether oxygens (including phenoxy) is 2. The van der Waals surface area contributed by atoms with Crippen LogP contribution >= 0.6 is 0 Å². The fourth-order valence-corrected chi connectivity index (χ4v) is 5.54. The smallest absolute Gasteiger partial charge is 0.294 e. The molecular weight excluding hydrogens is 506 g/mol. The molecule has 0 spiro atoms. The molecule has 3 aliphatic rings. The summed E-state index contributed by atoms with van der Waals surface area (Å²) >= 11 is 0. The first-order valence-electron chi connectivity index (χ1n) is 13.1. The summed E-state index contributed by atoms with van der Waals surface area (Å²) in [6.07, 6.45) is 4.64. The predicted molar refractivity (Wildman–Crippen MR) is 141 cm³/mol. The molecule has 9 nitrogen and oxygen atoms in total. The van der Waals surface area contributed by atoms with Gasteiger partial charge in [-0.15, -0.1) is 0 Å². The maximum Gasteiger partial charge on any atom is 0.294 e. The first-order valence-corrected chi connectivity index (χ1v) is 14.5. The number of nitrogens with zero attached hydrogens (tertiary/aromatic N) is 2. The largest absolute Gasteiger partial charge is 0.490 e. The number of nitriles is 1. The van der Waals surface area contributed by atoms with Crippen LogP contribution in [0.25, 0.3) is 0 Å². The fourth-order valence-electron chi connectivity index (χ4n) is 5.06. The molecule has 3 heterocycles. The van der Waals surface area contributed by atoms with Crippen LogP contribution in [-0.2, 0) is 19.6 Å². The number of hydrogen-bond donors (Lipinski definition) is 2. The van der Waals surface area contributed by atoms with Gasteiger partial charge in [0.15, 0.2) is 0 Å². The minimum absolute atomic E-state index is 0.0666. The van der Waals surface area contributed by atoms with E-state index in [2.05, 4.69) is 23.5 Å². The zero-order valence-corrected chi connectivity index (χ0v) is 22.4. The monoisotopic (exact) mass is 541 g/mol. The van der Waals surface area contributed by atoms with E-state index in [1.165, 1.54) is 17.7 Å². The first-order chi connectivity index (χ1) is 18.2. The normalized spacial score (nSPS) is 23.8. The lowest BCUT2D eigenvalue weighted by atomic mass is 9.96. The van der Waals surface area contributed by atoms with Crippen molar-refractivity contribution in [3.8, 4) is 11.8 Å². The quantitative estimate of drug-likeness (QED) is 0.551. The third-order valence-corrected chi connectivity index (χ3v) is 8.12. The summed E-state index contributed by atoms with van der Waals surface area (Å²) < 4.78 is 41.0. The number of nitrogens with one attached hydrogen (secondary N) is 1. The van der Waals surface area contributed by atoms with Gasteiger partial charge < -0.3 is 19.7 Å². The van der Waals surface area contributed by atoms with Crippen LogP contribution in [0.5, 0.6) is 5.75 Å². The zero-order chi connectivity index (χ0) is 27.1. The number of carbonyl (C=O) groups is 1. The number of hydrogen-bond acceptors (Lipinski definition) is 7. The number of aryl methyl sites for hydroxylation is 1. The highest BCUT2D eigenvalue weighted by Crippen LogP contribution is 2.30. The first kappa shape index (κ1) is 28.0. The molecule has 0 unspecified atom stereocenters. The van der Waals surface area contributed by atoms with Crippen molar-refractivity contribution in [2.45, 2.75) is 68.0 Å². The molecule has 3 atom stereocenters. The molecule has 0 saturated carbocycles. The van der Waals surface area contributed by atoms with E-state index in [0.29, 0.717) is 12.5 Å². The van der Waals surface area contributed by atoms with Crippen LogP contribution in [-0.4, -0.2) is 68.3 Å². The van der Waals surface area contributed by atoms with E-state index in [-0.39, 0.29) is 29.0 Å². The Labute approximate surface area is 224 Å². The number of benzene rings is 2. The lowest BCUT2D eigenvalue weighted by Gasteiger charge is -2.23. The Kier molecular flexibility index (Phi) is 9.39. The molecule has 204 valence electrons. The molecule has 38 heavy (non-hydrogen) atoms. The van der Waals surface area contributed by atoms with Crippen LogP contribution in [0.4, 0.5) is 0 Å². The minimum Gasteiger partial charge on any atom is -0.490 e. The van der Waals surface area contributed by atoms with Crippen molar-refractivity contribution >= 4 is 16.0 Å². The van der Waals surface area contributed by atoms with Crippen LogP contribution in [0, 0.1) is 18.3 Å². The van der Waals surface area contributed by atoms with Crippen molar-refractivity contribution in [3.63, 3.8) is 0 Å². The highest BCUT2D eigenvalue weighted by molar-refractivity contribution is 7.85. The molecule has 3 saturated heterocycles. The van der Waals surface area contributed by atoms with Gasteiger partial charge in [0.25, 0.3) is 10.1 Å². The molecule has 5 rings (SSSR count). The van der Waals surface area contributed by atoms with Crippen molar-refractivity contribution in [1.82, 2.24) is 10.2 Å². The highest BCUT2D eigenvalue weighted by atomic mass is 32.2. The molecule has 3 fully saturated rings. The fraction of sp³-hybridized carbons (Fsp3) is 0.500. The third-order valence-electron chi connectivity index (χ3n) is 7.26. The van der Waals surface area contributed by atoms with Crippen molar-refractivity contribution in [2.24, 2.45) is 0 Å². The van der Waals surface area contributed by atoms with Gasteiger partial charge in [-0.05, 0) is 61.9 Å². The van der Waals surface area contributed by atoms with Crippen molar-refractivity contribution in [2.75, 3.05) is 26.3 Å². The zero-order valence-electron chi connectivity index (χ0n) is 21.6. The maximum absolute atomic E-state index is 12.8. The number of amides is 1. The second-order valence-corrected chi connectivity index (χ2v) is 11.4. The summed E-state index contributed by atoms with van der Waals surface area (Å²) in [5, 5.41) is 12.6. The Morgan fingerprint density at radius 2 is 1.79 bits per heavy atom. The Bertz CT molecular complexity index is 1220. The standard InChI is InChI=1S/C21H27N3O3.C7H8O3S/c22-13-17-2-1-9-24(17)21(25)20-12-16(14-23-20)15-3-5-18(6-4-15)27-19-7-10-26-11-8-19;1-6-2-4-7(5-3-6)11(8,9)10/h3-6,16-17,19-20,23H,1-2,7-12,14H2;2-5H,1H3,(H,8,9,10)/t16-,17-,20-;/m0./s1. The SMILES string of the molecule is Cc1ccc(S(=O)(=O)O)cc1.N#C[C@@H]1CCCN1C(=O)[C@@H]1C[C@H](c2ccc(OC3CCOCC3)cc2)CN1. The van der Waals surface area contributed by atoms with E-state index in [1.807, 2.05) is 19.1 Å². The summed E-state index contributed by atoms with van der Waals surface area (Å²) in [5.74, 6) is 1.30. The van der Waals surface area contributed by atoms with Gasteiger partial charge in [0.2, 0.25) is 5.91 Å². The predicted octanol–water partition coefficient (Wildman–Crippen LogP) is 3.45. The van der Waals surface area contributed by atoms with E-state index in [0.717, 1.165) is 63.2 Å². The maximum atomic E-state index is 12.8. The molecule has 1 amide bonds. The molecule has 0 aliphatic carbocycles. The van der Waals surface area contributed by atoms with E-state index >= 15 is 0 Å². The van der Waals surface area contributed by atoms with E-state index in [9.17, 15) is 18.5 Å². The Balaban J connectivity index is 0.000000257. The second-order valence-electron chi connectivity index (χ2n) is 10.00. The van der Waals surface area contributed by atoms with Crippen molar-refractivity contribution in [1.29, 1.82) is 5.26 Å². The van der Waals surface area contributed by atoms with E-state index in [1.54, 1.807) is 17.0 Å². The van der Waals surface area contributed by atoms with Gasteiger partial charge in [0, 0.05) is 25.9 Å². The van der Waals surface area contributed by atoms with Crippen molar-refractivity contribution < 1.29 is 27.2 Å². The summed E-state index contributed by atoms with van der Waals surface area (Å²) in [6.45, 7) is 4.89. The second kappa shape index (κ2) is 12.7. The van der Waals surface area contributed by atoms with Crippen LogP contribution < -0.4 is 10.1 Å². The summed E-state index contributed by atoms with van der Waals surface area (Å²) in [4.78, 5) is 14.4. The number of likely N-dealkylation sites (tertiary alicyclic amines) is 1. The third kappa shape index (κ3) is 7.32. The minimum atomic E-state index is -4.02. The summed E-state index contributed by atoms with van der Waals surface area (Å²) in [7, 11) is -4.02. The number of carbonyl (C=O) groups excluding carboxylic acids is 1. The van der Waals surface area contributed by atoms with Crippen LogP contribution in [0.1, 0.15) is 49.1 Å². The Morgan fingerprint density at radius 3 is 2.42 bits per heavy atom. The highest BCUT2D eigenvalue weighted by Gasteiger charge is 2.37. The summed E-state index contributed by atoms with van der Waals surface area (Å²) in [5.41, 5.74) is 2.19. The van der Waals surface area contributed by atoms with Crippen LogP contribution in [0.2, 0.25) is 0 Å². The molecule has 0 bridgehead atoms. The van der Waals surface area contributed by atoms with Gasteiger partial charge >= 0.3 is 0 Å². The molecular formula is C28H35N3O6S. The van der Waals surface area contributed by atoms with Gasteiger partial charge in [-0.2, -0.15) is 13.7 Å². The summed E-state index contributed by atoms with van der Waals surface area (Å²) in [6, 6.07) is 16.1. The van der Waals surface area contributed by atoms with Crippen LogP contribution in [0.15, 0.2) is 53.4 Å². The van der Waals surface area contributed by atoms with Gasteiger partial charge in [-0.3, -0.25) is 9.35 Å². The Hall–Kier alpha value is -2.97. The molecule has 0 radical (unpaired) electrons. The van der Waals surface area contributed by atoms with Gasteiger partial charge in [0.1, 0.15) is 17.9 Å². The average molecular weight is 542 g/mol. The van der Waals surface area contributed by atoms with E-state index in [4.69, 9.17) is 14.0 Å². The van der Waals surface area contributed by atoms with Gasteiger partial charge in [-0.25, -0.2) is 0 Å². The lowest BCUT2D eigenvalue weighted by Crippen LogP contribution is -2.45. The molecule has 3 aliphatic heterocycles. The lowest BCUT2D eigenvalue weighted by molar-refractivity contribution is -0.133. The van der Waals surface area contributed by atoms with Gasteiger partial charge in [0.05, 0.1) is 30.2 Å². The molecule has 10 heteroatoms. The van der Waals surface area contributed by atoms with E-state index < -0.39 is 10.1 Å². The van der Waals surface area contributed by atoms with Crippen molar-refractivity contribution in [3.05, 3.63) is 59.7 Å². The number of rotatable bonds is 5.